The number of ether oxygens (including phenoxy) is 1. The van der Waals surface area contributed by atoms with Gasteiger partial charge in [-0.25, -0.2) is 13.1 Å². The van der Waals surface area contributed by atoms with Crippen molar-refractivity contribution < 1.29 is 17.9 Å². The van der Waals surface area contributed by atoms with Crippen molar-refractivity contribution in [2.24, 2.45) is 11.8 Å². The Labute approximate surface area is 150 Å². The quantitative estimate of drug-likeness (QED) is 0.723. The Morgan fingerprint density at radius 2 is 2.04 bits per heavy atom. The minimum absolute atomic E-state index is 0.0845. The maximum atomic E-state index is 12.6. The number of hydrogen-bond acceptors (Lipinski definition) is 4. The fraction of sp³-hybridized carbons (Fsp3) is 0.611. The molecule has 1 fully saturated rings. The van der Waals surface area contributed by atoms with Crippen LogP contribution >= 0.6 is 0 Å². The monoisotopic (exact) mass is 368 g/mol. The van der Waals surface area contributed by atoms with Crippen LogP contribution in [0.1, 0.15) is 43.5 Å². The number of sulfonamides is 1. The molecule has 140 valence electrons. The molecule has 0 bridgehead atoms. The molecule has 1 saturated carbocycles. The summed E-state index contributed by atoms with van der Waals surface area (Å²) in [6, 6.07) is 6.27. The van der Waals surface area contributed by atoms with E-state index in [2.05, 4.69) is 23.9 Å². The highest BCUT2D eigenvalue weighted by Crippen LogP contribution is 2.29. The molecule has 1 aliphatic rings. The Morgan fingerprint density at radius 3 is 2.76 bits per heavy atom. The topological polar surface area (TPSA) is 84.5 Å². The molecule has 0 spiro atoms. The van der Waals surface area contributed by atoms with E-state index in [0.29, 0.717) is 17.4 Å². The summed E-state index contributed by atoms with van der Waals surface area (Å²) in [5.41, 5.74) is 0.361. The summed E-state index contributed by atoms with van der Waals surface area (Å²) < 4.78 is 31.8. The van der Waals surface area contributed by atoms with E-state index in [1.165, 1.54) is 25.7 Å². The summed E-state index contributed by atoms with van der Waals surface area (Å²) in [4.78, 5) is 12.6. The highest BCUT2D eigenvalue weighted by Gasteiger charge is 2.28. The zero-order valence-corrected chi connectivity index (χ0v) is 15.9. The van der Waals surface area contributed by atoms with E-state index >= 15 is 0 Å². The van der Waals surface area contributed by atoms with Crippen molar-refractivity contribution >= 4 is 15.9 Å². The van der Waals surface area contributed by atoms with E-state index in [-0.39, 0.29) is 30.0 Å². The molecule has 6 nitrogen and oxygen atoms in total. The van der Waals surface area contributed by atoms with Crippen molar-refractivity contribution in [2.45, 2.75) is 44.0 Å². The predicted molar refractivity (Wildman–Crippen MR) is 96.9 cm³/mol. The summed E-state index contributed by atoms with van der Waals surface area (Å²) in [7, 11) is -2.14. The van der Waals surface area contributed by atoms with Gasteiger partial charge in [0.05, 0.1) is 11.5 Å². The Kier molecular flexibility index (Phi) is 6.98. The van der Waals surface area contributed by atoms with Gasteiger partial charge in [0.25, 0.3) is 5.91 Å². The molecule has 1 aromatic rings. The van der Waals surface area contributed by atoms with Gasteiger partial charge in [-0.1, -0.05) is 32.8 Å². The number of nitrogens with one attached hydrogen (secondary N) is 2. The Bertz CT molecular complexity index is 690. The molecular formula is C18H28N2O4S. The second-order valence-electron chi connectivity index (χ2n) is 6.77. The smallest absolute Gasteiger partial charge is 0.251 e. The van der Waals surface area contributed by atoms with Gasteiger partial charge < -0.3 is 10.1 Å². The molecule has 0 saturated heterocycles. The predicted octanol–water partition coefficient (Wildman–Crippen LogP) is 2.17. The minimum Gasteiger partial charge on any atom is -0.383 e. The van der Waals surface area contributed by atoms with Crippen LogP contribution in [0.2, 0.25) is 0 Å². The maximum Gasteiger partial charge on any atom is 0.251 e. The number of amides is 1. The molecular weight excluding hydrogens is 340 g/mol. The number of hydrogen-bond donors (Lipinski definition) is 2. The molecule has 2 N–H and O–H groups in total. The van der Waals surface area contributed by atoms with Gasteiger partial charge in [-0.2, -0.15) is 0 Å². The van der Waals surface area contributed by atoms with Gasteiger partial charge in [0.1, 0.15) is 0 Å². The fourth-order valence-corrected chi connectivity index (χ4v) is 4.26. The first-order chi connectivity index (χ1) is 11.8. The molecule has 0 aliphatic heterocycles. The number of carbonyl (C=O) groups is 1. The van der Waals surface area contributed by atoms with E-state index in [4.69, 9.17) is 4.74 Å². The van der Waals surface area contributed by atoms with E-state index < -0.39 is 10.0 Å². The van der Waals surface area contributed by atoms with Gasteiger partial charge in [0, 0.05) is 25.3 Å². The van der Waals surface area contributed by atoms with Crippen LogP contribution in [0.25, 0.3) is 0 Å². The van der Waals surface area contributed by atoms with Crippen LogP contribution in [0.5, 0.6) is 0 Å². The Balaban J connectivity index is 2.08. The fourth-order valence-electron chi connectivity index (χ4n) is 3.20. The number of benzene rings is 1. The average molecular weight is 368 g/mol. The first-order valence-corrected chi connectivity index (χ1v) is 10.2. The van der Waals surface area contributed by atoms with Gasteiger partial charge in [0.2, 0.25) is 10.0 Å². The maximum absolute atomic E-state index is 12.6. The summed E-state index contributed by atoms with van der Waals surface area (Å²) in [6.07, 6.45) is 3.26. The third kappa shape index (κ3) is 5.26. The Hall–Kier alpha value is -1.44. The second kappa shape index (κ2) is 8.78. The van der Waals surface area contributed by atoms with E-state index in [9.17, 15) is 13.2 Å². The molecule has 0 aromatic heterocycles. The van der Waals surface area contributed by atoms with Crippen LogP contribution in [-0.2, 0) is 14.8 Å². The highest BCUT2D eigenvalue weighted by molar-refractivity contribution is 7.89. The molecule has 3 unspecified atom stereocenters. The SMILES string of the molecule is COCCNS(=O)(=O)c1cccc(C(=O)NC2CCCC(C)C2C)c1. The molecule has 3 atom stereocenters. The number of rotatable bonds is 7. The van der Waals surface area contributed by atoms with Gasteiger partial charge in [0.15, 0.2) is 0 Å². The van der Waals surface area contributed by atoms with E-state index in [1.54, 1.807) is 12.1 Å². The number of carbonyl (C=O) groups excluding carboxylic acids is 1. The molecule has 25 heavy (non-hydrogen) atoms. The summed E-state index contributed by atoms with van der Waals surface area (Å²) >= 11 is 0. The molecule has 0 heterocycles. The van der Waals surface area contributed by atoms with E-state index in [0.717, 1.165) is 12.8 Å². The minimum atomic E-state index is -3.65. The largest absolute Gasteiger partial charge is 0.383 e. The average Bonchev–Trinajstić information content (AvgIpc) is 2.59. The van der Waals surface area contributed by atoms with Gasteiger partial charge in [-0.3, -0.25) is 4.79 Å². The lowest BCUT2D eigenvalue weighted by atomic mass is 9.78. The first-order valence-electron chi connectivity index (χ1n) is 8.74. The van der Waals surface area contributed by atoms with Crippen molar-refractivity contribution in [3.8, 4) is 0 Å². The van der Waals surface area contributed by atoms with Gasteiger partial charge >= 0.3 is 0 Å². The molecule has 1 amide bonds. The van der Waals surface area contributed by atoms with Crippen molar-refractivity contribution in [3.63, 3.8) is 0 Å². The van der Waals surface area contributed by atoms with Crippen molar-refractivity contribution in [1.82, 2.24) is 10.0 Å². The second-order valence-corrected chi connectivity index (χ2v) is 8.53. The third-order valence-corrected chi connectivity index (χ3v) is 6.49. The first kappa shape index (κ1) is 19.9. The van der Waals surface area contributed by atoms with Gasteiger partial charge in [-0.05, 0) is 36.5 Å². The zero-order valence-electron chi connectivity index (χ0n) is 15.1. The normalized spacial score (nSPS) is 24.0. The third-order valence-electron chi connectivity index (χ3n) is 5.03. The van der Waals surface area contributed by atoms with Crippen molar-refractivity contribution in [1.29, 1.82) is 0 Å². The van der Waals surface area contributed by atoms with Crippen LogP contribution in [0.15, 0.2) is 29.2 Å². The highest BCUT2D eigenvalue weighted by atomic mass is 32.2. The zero-order chi connectivity index (χ0) is 18.4. The van der Waals surface area contributed by atoms with Crippen LogP contribution in [0.4, 0.5) is 0 Å². The summed E-state index contributed by atoms with van der Waals surface area (Å²) in [5.74, 6) is 0.774. The summed E-state index contributed by atoms with van der Waals surface area (Å²) in [6.45, 7) is 4.85. The lowest BCUT2D eigenvalue weighted by molar-refractivity contribution is 0.0891. The molecule has 2 rings (SSSR count). The molecule has 0 radical (unpaired) electrons. The van der Waals surface area contributed by atoms with Gasteiger partial charge in [-0.15, -0.1) is 0 Å². The van der Waals surface area contributed by atoms with Crippen molar-refractivity contribution in [2.75, 3.05) is 20.3 Å². The Morgan fingerprint density at radius 1 is 1.28 bits per heavy atom. The molecule has 1 aromatic carbocycles. The van der Waals surface area contributed by atoms with Crippen LogP contribution < -0.4 is 10.0 Å². The van der Waals surface area contributed by atoms with Crippen molar-refractivity contribution in [3.05, 3.63) is 29.8 Å². The summed E-state index contributed by atoms with van der Waals surface area (Å²) in [5, 5.41) is 3.07. The van der Waals surface area contributed by atoms with E-state index in [1.807, 2.05) is 0 Å². The van der Waals surface area contributed by atoms with Crippen LogP contribution in [-0.4, -0.2) is 40.6 Å². The lowest BCUT2D eigenvalue weighted by Crippen LogP contribution is -2.43. The van der Waals surface area contributed by atoms with Crippen LogP contribution in [0, 0.1) is 11.8 Å². The van der Waals surface area contributed by atoms with Crippen LogP contribution in [0.3, 0.4) is 0 Å². The molecule has 1 aliphatic carbocycles. The standard InChI is InChI=1S/C18H28N2O4S/c1-13-6-4-9-17(14(13)2)20-18(21)15-7-5-8-16(12-15)25(22,23)19-10-11-24-3/h5,7-8,12-14,17,19H,4,6,9-11H2,1-3H3,(H,20,21). The number of methoxy groups -OCH3 is 1. The lowest BCUT2D eigenvalue weighted by Gasteiger charge is -2.34. The molecule has 7 heteroatoms.